The molecule has 70 valence electrons. The summed E-state index contributed by atoms with van der Waals surface area (Å²) in [5.41, 5.74) is 5.61. The van der Waals surface area contributed by atoms with E-state index in [9.17, 15) is 4.79 Å². The number of hydrogen-bond acceptors (Lipinski definition) is 3. The molecule has 1 aliphatic carbocycles. The van der Waals surface area contributed by atoms with Gasteiger partial charge in [-0.2, -0.15) is 0 Å². The van der Waals surface area contributed by atoms with Crippen LogP contribution in [0.4, 0.5) is 0 Å². The number of rotatable bonds is 3. The van der Waals surface area contributed by atoms with Crippen LogP contribution >= 0.6 is 0 Å². The van der Waals surface area contributed by atoms with Gasteiger partial charge in [-0.1, -0.05) is 13.8 Å². The highest BCUT2D eigenvalue weighted by Gasteiger charge is 2.26. The lowest BCUT2D eigenvalue weighted by molar-refractivity contribution is -0.155. The first kappa shape index (κ1) is 9.52. The maximum atomic E-state index is 11.2. The number of carbonyl (C=O) groups excluding carboxylic acids is 1. The highest BCUT2D eigenvalue weighted by Crippen LogP contribution is 2.22. The molecule has 3 heteroatoms. The van der Waals surface area contributed by atoms with E-state index in [1.54, 1.807) is 0 Å². The zero-order valence-corrected chi connectivity index (χ0v) is 7.75. The minimum absolute atomic E-state index is 0.155. The second-order valence-corrected chi connectivity index (χ2v) is 3.76. The summed E-state index contributed by atoms with van der Waals surface area (Å²) in [5, 5.41) is 0. The van der Waals surface area contributed by atoms with E-state index < -0.39 is 6.04 Å². The van der Waals surface area contributed by atoms with Crippen LogP contribution in [0.1, 0.15) is 33.1 Å². The predicted octanol–water partition coefficient (Wildman–Crippen LogP) is 1.07. The summed E-state index contributed by atoms with van der Waals surface area (Å²) in [6, 6.07) is -0.453. The van der Waals surface area contributed by atoms with Gasteiger partial charge in [0, 0.05) is 0 Å². The average Bonchev–Trinajstić information content (AvgIpc) is 1.94. The third kappa shape index (κ3) is 2.21. The third-order valence-electron chi connectivity index (χ3n) is 2.33. The molecule has 0 heterocycles. The van der Waals surface area contributed by atoms with Crippen LogP contribution in [-0.2, 0) is 9.53 Å². The highest BCUT2D eigenvalue weighted by molar-refractivity contribution is 5.76. The number of ether oxygens (including phenoxy) is 1. The molecule has 0 spiro atoms. The first-order valence-corrected chi connectivity index (χ1v) is 4.57. The molecule has 0 aromatic heterocycles. The van der Waals surface area contributed by atoms with Gasteiger partial charge in [-0.15, -0.1) is 0 Å². The summed E-state index contributed by atoms with van der Waals surface area (Å²) < 4.78 is 5.15. The van der Waals surface area contributed by atoms with Crippen molar-refractivity contribution in [3.8, 4) is 0 Å². The van der Waals surface area contributed by atoms with Crippen LogP contribution in [0.25, 0.3) is 0 Å². The molecule has 3 nitrogen and oxygen atoms in total. The molecule has 1 aliphatic rings. The fourth-order valence-electron chi connectivity index (χ4n) is 1.00. The van der Waals surface area contributed by atoms with Crippen molar-refractivity contribution in [3.63, 3.8) is 0 Å². The summed E-state index contributed by atoms with van der Waals surface area (Å²) >= 11 is 0. The van der Waals surface area contributed by atoms with Gasteiger partial charge in [0.25, 0.3) is 0 Å². The Labute approximate surface area is 73.3 Å². The molecule has 0 amide bonds. The Morgan fingerprint density at radius 2 is 2.08 bits per heavy atom. The third-order valence-corrected chi connectivity index (χ3v) is 2.33. The summed E-state index contributed by atoms with van der Waals surface area (Å²) in [5.74, 6) is -0.0766. The fraction of sp³-hybridized carbons (Fsp3) is 0.889. The number of carbonyl (C=O) groups is 1. The molecule has 0 bridgehead atoms. The molecule has 1 unspecified atom stereocenters. The second-order valence-electron chi connectivity index (χ2n) is 3.76. The van der Waals surface area contributed by atoms with Crippen molar-refractivity contribution in [1.29, 1.82) is 0 Å². The zero-order chi connectivity index (χ0) is 9.14. The van der Waals surface area contributed by atoms with E-state index in [1.165, 1.54) is 6.42 Å². The molecule has 1 saturated carbocycles. The largest absolute Gasteiger partial charge is 0.461 e. The Morgan fingerprint density at radius 3 is 2.42 bits per heavy atom. The molecular formula is C9H17NO2. The van der Waals surface area contributed by atoms with E-state index in [2.05, 4.69) is 0 Å². The molecule has 0 saturated heterocycles. The fourth-order valence-corrected chi connectivity index (χ4v) is 1.00. The number of nitrogens with two attached hydrogens (primary N) is 1. The molecule has 0 radical (unpaired) electrons. The van der Waals surface area contributed by atoms with Gasteiger partial charge in [0.15, 0.2) is 0 Å². The maximum Gasteiger partial charge on any atom is 0.323 e. The molecule has 1 fully saturated rings. The zero-order valence-electron chi connectivity index (χ0n) is 7.75. The number of esters is 1. The van der Waals surface area contributed by atoms with Crippen molar-refractivity contribution < 1.29 is 9.53 Å². The summed E-state index contributed by atoms with van der Waals surface area (Å²) in [7, 11) is 0. The van der Waals surface area contributed by atoms with E-state index in [4.69, 9.17) is 10.5 Å². The smallest absolute Gasteiger partial charge is 0.323 e. The van der Waals surface area contributed by atoms with Crippen molar-refractivity contribution in [1.82, 2.24) is 0 Å². The van der Waals surface area contributed by atoms with Crippen molar-refractivity contribution in [2.24, 2.45) is 11.7 Å². The lowest BCUT2D eigenvalue weighted by Crippen LogP contribution is -2.40. The molecule has 0 aromatic rings. The topological polar surface area (TPSA) is 52.3 Å². The summed E-state index contributed by atoms with van der Waals surface area (Å²) in [6.07, 6.45) is 3.35. The Balaban J connectivity index is 2.26. The van der Waals surface area contributed by atoms with Crippen LogP contribution in [0.3, 0.4) is 0 Å². The van der Waals surface area contributed by atoms with Crippen LogP contribution in [0.5, 0.6) is 0 Å². The Morgan fingerprint density at radius 1 is 1.50 bits per heavy atom. The standard InChI is InChI=1S/C9H17NO2/c1-6(2)8(10)9(11)12-7-4-3-5-7/h6-8H,3-5,10H2,1-2H3. The van der Waals surface area contributed by atoms with Crippen molar-refractivity contribution in [2.75, 3.05) is 0 Å². The Hall–Kier alpha value is -0.570. The van der Waals surface area contributed by atoms with E-state index >= 15 is 0 Å². The minimum atomic E-state index is -0.453. The molecule has 1 atom stereocenters. The molecule has 2 N–H and O–H groups in total. The monoisotopic (exact) mass is 171 g/mol. The van der Waals surface area contributed by atoms with E-state index in [0.29, 0.717) is 0 Å². The van der Waals surface area contributed by atoms with E-state index in [1.807, 2.05) is 13.8 Å². The van der Waals surface area contributed by atoms with Crippen molar-refractivity contribution in [2.45, 2.75) is 45.3 Å². The quantitative estimate of drug-likeness (QED) is 0.646. The highest BCUT2D eigenvalue weighted by atomic mass is 16.5. The normalized spacial score (nSPS) is 20.3. The van der Waals surface area contributed by atoms with E-state index in [0.717, 1.165) is 12.8 Å². The lowest BCUT2D eigenvalue weighted by atomic mass is 9.96. The minimum Gasteiger partial charge on any atom is -0.461 e. The lowest BCUT2D eigenvalue weighted by Gasteiger charge is -2.27. The van der Waals surface area contributed by atoms with Gasteiger partial charge < -0.3 is 10.5 Å². The van der Waals surface area contributed by atoms with Crippen molar-refractivity contribution in [3.05, 3.63) is 0 Å². The average molecular weight is 171 g/mol. The molecule has 1 rings (SSSR count). The van der Waals surface area contributed by atoms with Crippen LogP contribution in [0, 0.1) is 5.92 Å². The summed E-state index contributed by atoms with van der Waals surface area (Å²) in [6.45, 7) is 3.85. The van der Waals surface area contributed by atoms with Gasteiger partial charge in [0.1, 0.15) is 12.1 Å². The number of hydrogen-bond donors (Lipinski definition) is 1. The van der Waals surface area contributed by atoms with Gasteiger partial charge in [-0.25, -0.2) is 0 Å². The van der Waals surface area contributed by atoms with Crippen LogP contribution in [-0.4, -0.2) is 18.1 Å². The SMILES string of the molecule is CC(C)C(N)C(=O)OC1CCC1. The van der Waals surface area contributed by atoms with Crippen molar-refractivity contribution >= 4 is 5.97 Å². The summed E-state index contributed by atoms with van der Waals surface area (Å²) in [4.78, 5) is 11.2. The van der Waals surface area contributed by atoms with Crippen LogP contribution < -0.4 is 5.73 Å². The predicted molar refractivity (Wildman–Crippen MR) is 46.5 cm³/mol. The molecular weight excluding hydrogens is 154 g/mol. The van der Waals surface area contributed by atoms with Gasteiger partial charge >= 0.3 is 5.97 Å². The van der Waals surface area contributed by atoms with Gasteiger partial charge in [-0.3, -0.25) is 4.79 Å². The molecule has 0 aromatic carbocycles. The van der Waals surface area contributed by atoms with Gasteiger partial charge in [-0.05, 0) is 25.2 Å². The maximum absolute atomic E-state index is 11.2. The Bertz CT molecular complexity index is 164. The first-order valence-electron chi connectivity index (χ1n) is 4.57. The van der Waals surface area contributed by atoms with Gasteiger partial charge in [0.05, 0.1) is 0 Å². The molecule has 0 aliphatic heterocycles. The second kappa shape index (κ2) is 3.90. The van der Waals surface area contributed by atoms with Gasteiger partial charge in [0.2, 0.25) is 0 Å². The van der Waals surface area contributed by atoms with Crippen LogP contribution in [0.2, 0.25) is 0 Å². The molecule has 12 heavy (non-hydrogen) atoms. The Kier molecular flexibility index (Phi) is 3.09. The van der Waals surface area contributed by atoms with E-state index in [-0.39, 0.29) is 18.0 Å². The first-order chi connectivity index (χ1) is 5.61. The van der Waals surface area contributed by atoms with Crippen LogP contribution in [0.15, 0.2) is 0 Å².